The number of benzene rings is 2. The van der Waals surface area contributed by atoms with E-state index >= 15 is 0 Å². The van der Waals surface area contributed by atoms with Gasteiger partial charge in [-0.3, -0.25) is 14.4 Å². The summed E-state index contributed by atoms with van der Waals surface area (Å²) < 4.78 is 5.29. The molecule has 2 heterocycles. The van der Waals surface area contributed by atoms with Crippen molar-refractivity contribution in [3.63, 3.8) is 0 Å². The molecule has 0 spiro atoms. The number of carbonyl (C=O) groups is 3. The lowest BCUT2D eigenvalue weighted by Gasteiger charge is -2.26. The van der Waals surface area contributed by atoms with Gasteiger partial charge in [0.05, 0.1) is 19.8 Å². The lowest BCUT2D eigenvalue weighted by Crippen LogP contribution is -2.40. The van der Waals surface area contributed by atoms with Gasteiger partial charge in [-0.1, -0.05) is 18.9 Å². The van der Waals surface area contributed by atoms with Crippen LogP contribution in [0.15, 0.2) is 48.5 Å². The molecule has 2 fully saturated rings. The summed E-state index contributed by atoms with van der Waals surface area (Å²) in [5.41, 5.74) is 2.55. The normalized spacial score (nSPS) is 16.5. The van der Waals surface area contributed by atoms with E-state index in [1.165, 1.54) is 12.8 Å². The minimum atomic E-state index is -0.215. The molecule has 2 aliphatic rings. The Morgan fingerprint density at radius 2 is 1.38 bits per heavy atom. The number of ether oxygens (including phenoxy) is 1. The molecule has 2 aliphatic heterocycles. The van der Waals surface area contributed by atoms with E-state index in [1.807, 2.05) is 4.90 Å². The van der Waals surface area contributed by atoms with Crippen LogP contribution >= 0.6 is 0 Å². The van der Waals surface area contributed by atoms with Gasteiger partial charge in [-0.15, -0.1) is 0 Å². The Hall–Kier alpha value is -3.39. The molecule has 0 bridgehead atoms. The molecule has 0 saturated carbocycles. The third-order valence-corrected chi connectivity index (χ3v) is 6.17. The van der Waals surface area contributed by atoms with Crippen molar-refractivity contribution in [2.75, 3.05) is 56.6 Å². The molecule has 2 aromatic carbocycles. The monoisotopic (exact) mass is 464 g/mol. The van der Waals surface area contributed by atoms with Gasteiger partial charge in [-0.25, -0.2) is 0 Å². The third kappa shape index (κ3) is 6.35. The Kier molecular flexibility index (Phi) is 8.14. The van der Waals surface area contributed by atoms with Gasteiger partial charge < -0.3 is 25.2 Å². The minimum absolute atomic E-state index is 0.0119. The van der Waals surface area contributed by atoms with Gasteiger partial charge in [0, 0.05) is 48.7 Å². The van der Waals surface area contributed by atoms with E-state index in [-0.39, 0.29) is 24.3 Å². The van der Waals surface area contributed by atoms with E-state index in [2.05, 4.69) is 10.6 Å². The first-order valence-corrected chi connectivity index (χ1v) is 12.0. The molecule has 180 valence electrons. The number of nitrogens with one attached hydrogen (secondary N) is 2. The summed E-state index contributed by atoms with van der Waals surface area (Å²) in [5.74, 6) is -0.210. The number of rotatable bonds is 6. The first-order chi connectivity index (χ1) is 16.6. The smallest absolute Gasteiger partial charge is 0.254 e. The number of carbonyl (C=O) groups excluding carboxylic acids is 3. The molecule has 0 aromatic heterocycles. The van der Waals surface area contributed by atoms with Crippen molar-refractivity contribution in [1.29, 1.82) is 0 Å². The highest BCUT2D eigenvalue weighted by Gasteiger charge is 2.19. The SMILES string of the molecule is O=C(CNc1ccc(C(=O)N2CCOCC2)cc1)Nc1cccc(C(=O)N2CCCCCC2)c1. The zero-order valence-electron chi connectivity index (χ0n) is 19.4. The second-order valence-corrected chi connectivity index (χ2v) is 8.67. The van der Waals surface area contributed by atoms with Crippen molar-refractivity contribution in [1.82, 2.24) is 9.80 Å². The molecule has 2 aromatic rings. The van der Waals surface area contributed by atoms with Gasteiger partial charge in [0.25, 0.3) is 11.8 Å². The molecule has 0 unspecified atom stereocenters. The van der Waals surface area contributed by atoms with Crippen LogP contribution in [0.3, 0.4) is 0 Å². The van der Waals surface area contributed by atoms with Crippen LogP contribution in [0.2, 0.25) is 0 Å². The van der Waals surface area contributed by atoms with E-state index in [1.54, 1.807) is 53.4 Å². The van der Waals surface area contributed by atoms with Crippen LogP contribution < -0.4 is 10.6 Å². The summed E-state index contributed by atoms with van der Waals surface area (Å²) in [6.07, 6.45) is 4.41. The van der Waals surface area contributed by atoms with Crippen LogP contribution in [0, 0.1) is 0 Å². The molecule has 2 saturated heterocycles. The van der Waals surface area contributed by atoms with Crippen LogP contribution in [-0.2, 0) is 9.53 Å². The lowest BCUT2D eigenvalue weighted by atomic mass is 10.1. The fourth-order valence-electron chi connectivity index (χ4n) is 4.25. The maximum absolute atomic E-state index is 12.8. The second kappa shape index (κ2) is 11.7. The van der Waals surface area contributed by atoms with Crippen molar-refractivity contribution in [2.24, 2.45) is 0 Å². The number of hydrogen-bond donors (Lipinski definition) is 2. The van der Waals surface area contributed by atoms with Gasteiger partial charge in [-0.2, -0.15) is 0 Å². The number of morpholine rings is 1. The van der Waals surface area contributed by atoms with Crippen molar-refractivity contribution in [3.05, 3.63) is 59.7 Å². The van der Waals surface area contributed by atoms with Gasteiger partial charge in [-0.05, 0) is 55.3 Å². The van der Waals surface area contributed by atoms with Gasteiger partial charge in [0.1, 0.15) is 0 Å². The highest BCUT2D eigenvalue weighted by atomic mass is 16.5. The molecule has 8 nitrogen and oxygen atoms in total. The van der Waals surface area contributed by atoms with E-state index < -0.39 is 0 Å². The molecular weight excluding hydrogens is 432 g/mol. The first-order valence-electron chi connectivity index (χ1n) is 12.0. The predicted molar refractivity (Wildman–Crippen MR) is 131 cm³/mol. The van der Waals surface area contributed by atoms with Crippen LogP contribution in [0.4, 0.5) is 11.4 Å². The number of hydrogen-bond acceptors (Lipinski definition) is 5. The van der Waals surface area contributed by atoms with Crippen molar-refractivity contribution >= 4 is 29.1 Å². The Morgan fingerprint density at radius 3 is 2.09 bits per heavy atom. The Labute approximate surface area is 200 Å². The summed E-state index contributed by atoms with van der Waals surface area (Å²) in [6, 6.07) is 14.2. The topological polar surface area (TPSA) is 91.0 Å². The molecule has 0 radical (unpaired) electrons. The fourth-order valence-corrected chi connectivity index (χ4v) is 4.25. The number of nitrogens with zero attached hydrogens (tertiary/aromatic N) is 2. The molecular formula is C26H32N4O4. The Bertz CT molecular complexity index is 994. The van der Waals surface area contributed by atoms with Crippen molar-refractivity contribution in [3.8, 4) is 0 Å². The lowest BCUT2D eigenvalue weighted by molar-refractivity contribution is -0.114. The van der Waals surface area contributed by atoms with Gasteiger partial charge in [0.2, 0.25) is 5.91 Å². The van der Waals surface area contributed by atoms with E-state index in [9.17, 15) is 14.4 Å². The summed E-state index contributed by atoms with van der Waals surface area (Å²) in [7, 11) is 0. The molecule has 0 aliphatic carbocycles. The van der Waals surface area contributed by atoms with E-state index in [0.29, 0.717) is 43.1 Å². The minimum Gasteiger partial charge on any atom is -0.378 e. The van der Waals surface area contributed by atoms with E-state index in [4.69, 9.17) is 4.74 Å². The maximum atomic E-state index is 12.8. The molecule has 8 heteroatoms. The largest absolute Gasteiger partial charge is 0.378 e. The summed E-state index contributed by atoms with van der Waals surface area (Å²) >= 11 is 0. The average Bonchev–Trinajstić information content (AvgIpc) is 3.17. The predicted octanol–water partition coefficient (Wildman–Crippen LogP) is 3.23. The molecule has 3 amide bonds. The van der Waals surface area contributed by atoms with Gasteiger partial charge in [0.15, 0.2) is 0 Å². The highest BCUT2D eigenvalue weighted by Crippen LogP contribution is 2.17. The summed E-state index contributed by atoms with van der Waals surface area (Å²) in [5, 5.41) is 5.92. The van der Waals surface area contributed by atoms with Crippen LogP contribution in [0.25, 0.3) is 0 Å². The van der Waals surface area contributed by atoms with Crippen LogP contribution in [-0.4, -0.2) is 73.5 Å². The third-order valence-electron chi connectivity index (χ3n) is 6.17. The quantitative estimate of drug-likeness (QED) is 0.685. The Balaban J connectivity index is 1.28. The maximum Gasteiger partial charge on any atom is 0.254 e. The van der Waals surface area contributed by atoms with Crippen molar-refractivity contribution < 1.29 is 19.1 Å². The molecule has 4 rings (SSSR count). The summed E-state index contributed by atoms with van der Waals surface area (Å²) in [6.45, 7) is 3.98. The molecule has 0 atom stereocenters. The highest BCUT2D eigenvalue weighted by molar-refractivity contribution is 5.98. The molecule has 2 N–H and O–H groups in total. The molecule has 34 heavy (non-hydrogen) atoms. The van der Waals surface area contributed by atoms with E-state index in [0.717, 1.165) is 31.6 Å². The van der Waals surface area contributed by atoms with Crippen LogP contribution in [0.5, 0.6) is 0 Å². The standard InChI is InChI=1S/C26H32N4O4/c31-24(19-27-22-10-8-20(9-11-22)25(32)30-14-16-34-17-15-30)28-23-7-5-6-21(18-23)26(33)29-12-3-1-2-4-13-29/h5-11,18,27H,1-4,12-17,19H2,(H,28,31). The fraction of sp³-hybridized carbons (Fsp3) is 0.423. The zero-order valence-corrected chi connectivity index (χ0v) is 19.4. The Morgan fingerprint density at radius 1 is 0.735 bits per heavy atom. The summed E-state index contributed by atoms with van der Waals surface area (Å²) in [4.78, 5) is 41.5. The number of amides is 3. The second-order valence-electron chi connectivity index (χ2n) is 8.67. The first kappa shape index (κ1) is 23.8. The number of anilines is 2. The van der Waals surface area contributed by atoms with Crippen molar-refractivity contribution in [2.45, 2.75) is 25.7 Å². The zero-order chi connectivity index (χ0) is 23.8. The number of likely N-dealkylation sites (tertiary alicyclic amines) is 1. The average molecular weight is 465 g/mol. The van der Waals surface area contributed by atoms with Gasteiger partial charge >= 0.3 is 0 Å². The van der Waals surface area contributed by atoms with Crippen LogP contribution in [0.1, 0.15) is 46.4 Å².